The van der Waals surface area contributed by atoms with Crippen LogP contribution in [0.15, 0.2) is 176 Å². The van der Waals surface area contributed by atoms with E-state index in [1.807, 2.05) is 0 Å². The van der Waals surface area contributed by atoms with Gasteiger partial charge in [0.2, 0.25) is 0 Å². The Kier molecular flexibility index (Phi) is 9.92. The van der Waals surface area contributed by atoms with Crippen LogP contribution in [-0.2, 0) is 0 Å². The quantitative estimate of drug-likeness (QED) is 0.136. The average molecular weight is 844 g/mol. The Morgan fingerprint density at radius 3 is 0.923 bits per heavy atom. The molecule has 0 N–H and O–H groups in total. The number of hydrogen-bond acceptors (Lipinski definition) is 2. The summed E-state index contributed by atoms with van der Waals surface area (Å²) in [5.74, 6) is 1.77. The maximum atomic E-state index is 2.59. The van der Waals surface area contributed by atoms with Crippen molar-refractivity contribution in [3.8, 4) is 0 Å². The van der Waals surface area contributed by atoms with Gasteiger partial charge >= 0.3 is 0 Å². The molecule has 0 atom stereocenters. The molecule has 3 nitrogen and oxygen atoms in total. The third-order valence-electron chi connectivity index (χ3n) is 14.0. The van der Waals surface area contributed by atoms with Crippen LogP contribution in [0.1, 0.15) is 101 Å². The molecule has 0 aliphatic heterocycles. The predicted octanol–water partition coefficient (Wildman–Crippen LogP) is 18.6. The number of benzene rings is 9. The number of rotatable bonds is 10. The van der Waals surface area contributed by atoms with Gasteiger partial charge in [-0.05, 0) is 117 Å². The molecule has 9 aromatic carbocycles. The van der Waals surface area contributed by atoms with Gasteiger partial charge in [0.15, 0.2) is 0 Å². The van der Waals surface area contributed by atoms with Crippen LogP contribution in [-0.4, -0.2) is 4.40 Å². The van der Waals surface area contributed by atoms with E-state index in [1.54, 1.807) is 0 Å². The van der Waals surface area contributed by atoms with E-state index in [0.717, 1.165) is 22.7 Å². The fraction of sp³-hybridized carbons (Fsp3) is 0.194. The van der Waals surface area contributed by atoms with Gasteiger partial charge in [-0.15, -0.1) is 0 Å². The van der Waals surface area contributed by atoms with E-state index >= 15 is 0 Å². The third-order valence-corrected chi connectivity index (χ3v) is 14.0. The Balaban J connectivity index is 1.27. The molecule has 0 radical (unpaired) electrons. The number of para-hydroxylation sites is 1. The van der Waals surface area contributed by atoms with Crippen LogP contribution in [0.5, 0.6) is 0 Å². The minimum absolute atomic E-state index is 0.442. The molecule has 65 heavy (non-hydrogen) atoms. The Bertz CT molecular complexity index is 3180. The highest BCUT2D eigenvalue weighted by Crippen LogP contribution is 2.53. The van der Waals surface area contributed by atoms with Crippen molar-refractivity contribution in [1.82, 2.24) is 4.40 Å². The summed E-state index contributed by atoms with van der Waals surface area (Å²) in [5.41, 5.74) is 16.0. The Hall–Kier alpha value is -7.10. The van der Waals surface area contributed by atoms with Crippen molar-refractivity contribution in [2.24, 2.45) is 0 Å². The Labute approximate surface area is 383 Å². The fourth-order valence-electron chi connectivity index (χ4n) is 10.4. The molecule has 11 aromatic rings. The van der Waals surface area contributed by atoms with Crippen molar-refractivity contribution in [2.75, 3.05) is 9.80 Å². The molecule has 0 amide bonds. The summed E-state index contributed by atoms with van der Waals surface area (Å²) >= 11 is 0. The van der Waals surface area contributed by atoms with Crippen molar-refractivity contribution in [1.29, 1.82) is 0 Å². The van der Waals surface area contributed by atoms with E-state index < -0.39 is 0 Å². The lowest BCUT2D eigenvalue weighted by atomic mass is 9.97. The minimum Gasteiger partial charge on any atom is -0.309 e. The summed E-state index contributed by atoms with van der Waals surface area (Å²) < 4.78 is 2.59. The molecule has 0 saturated carbocycles. The van der Waals surface area contributed by atoms with Gasteiger partial charge in [0, 0.05) is 55.1 Å². The Morgan fingerprint density at radius 1 is 0.323 bits per heavy atom. The molecular formula is C62H57N3. The first-order valence-corrected chi connectivity index (χ1v) is 23.6. The van der Waals surface area contributed by atoms with Crippen LogP contribution in [0.25, 0.3) is 59.6 Å². The average Bonchev–Trinajstić information content (AvgIpc) is 3.84. The molecule has 0 spiro atoms. The highest BCUT2D eigenvalue weighted by molar-refractivity contribution is 6.33. The van der Waals surface area contributed by atoms with Crippen LogP contribution >= 0.6 is 0 Å². The number of hydrogen-bond donors (Lipinski definition) is 0. The van der Waals surface area contributed by atoms with Crippen molar-refractivity contribution in [3.05, 3.63) is 198 Å². The molecule has 0 unspecified atom stereocenters. The smallest absolute Gasteiger partial charge is 0.0640 e. The first-order chi connectivity index (χ1) is 31.6. The SMILES string of the molecule is CC(C)c1ccc(N(c2ccc(C(C)C)cc2)c2c3ccccc3cc3c2c2cccc4c5c(N(c6ccc(C(C)C)cc6)c6ccc(C(C)C)cc6)c6ccccc6cc5n3c24)cc1. The predicted molar refractivity (Wildman–Crippen MR) is 282 cm³/mol. The van der Waals surface area contributed by atoms with Crippen molar-refractivity contribution < 1.29 is 0 Å². The molecule has 0 fully saturated rings. The molecule has 0 aliphatic carbocycles. The highest BCUT2D eigenvalue weighted by Gasteiger charge is 2.29. The molecular weight excluding hydrogens is 787 g/mol. The van der Waals surface area contributed by atoms with Crippen LogP contribution in [0.3, 0.4) is 0 Å². The first kappa shape index (κ1) is 40.7. The lowest BCUT2D eigenvalue weighted by molar-refractivity contribution is 0.866. The molecule has 320 valence electrons. The van der Waals surface area contributed by atoms with Crippen LogP contribution in [0, 0.1) is 0 Å². The van der Waals surface area contributed by atoms with E-state index in [0.29, 0.717) is 23.7 Å². The number of aromatic nitrogens is 1. The maximum absolute atomic E-state index is 2.59. The molecule has 11 rings (SSSR count). The van der Waals surface area contributed by atoms with Crippen LogP contribution < -0.4 is 9.80 Å². The largest absolute Gasteiger partial charge is 0.309 e. The van der Waals surface area contributed by atoms with E-state index in [-0.39, 0.29) is 0 Å². The lowest BCUT2D eigenvalue weighted by Crippen LogP contribution is -2.12. The van der Waals surface area contributed by atoms with E-state index in [1.165, 1.54) is 93.3 Å². The zero-order valence-corrected chi connectivity index (χ0v) is 38.9. The van der Waals surface area contributed by atoms with Crippen LogP contribution in [0.4, 0.5) is 34.1 Å². The zero-order valence-electron chi connectivity index (χ0n) is 38.9. The molecule has 0 saturated heterocycles. The second kappa shape index (κ2) is 15.9. The van der Waals surface area contributed by atoms with Crippen LogP contribution in [0.2, 0.25) is 0 Å². The molecule has 2 aromatic heterocycles. The zero-order chi connectivity index (χ0) is 44.7. The van der Waals surface area contributed by atoms with Gasteiger partial charge in [0.05, 0.1) is 27.9 Å². The van der Waals surface area contributed by atoms with Crippen molar-refractivity contribution in [3.63, 3.8) is 0 Å². The second-order valence-corrected chi connectivity index (χ2v) is 19.4. The summed E-state index contributed by atoms with van der Waals surface area (Å²) in [5, 5.41) is 9.90. The second-order valence-electron chi connectivity index (χ2n) is 19.4. The highest BCUT2D eigenvalue weighted by atomic mass is 15.2. The van der Waals surface area contributed by atoms with Gasteiger partial charge in [0.25, 0.3) is 0 Å². The summed E-state index contributed by atoms with van der Waals surface area (Å²) in [6, 6.07) is 66.9. The van der Waals surface area contributed by atoms with E-state index in [9.17, 15) is 0 Å². The normalized spacial score (nSPS) is 12.2. The summed E-state index contributed by atoms with van der Waals surface area (Å²) in [4.78, 5) is 5.04. The van der Waals surface area contributed by atoms with E-state index in [4.69, 9.17) is 0 Å². The van der Waals surface area contributed by atoms with Gasteiger partial charge in [-0.1, -0.05) is 171 Å². The van der Waals surface area contributed by atoms with Crippen molar-refractivity contribution in [2.45, 2.75) is 79.1 Å². The minimum atomic E-state index is 0.442. The maximum Gasteiger partial charge on any atom is 0.0640 e. The fourth-order valence-corrected chi connectivity index (χ4v) is 10.4. The number of fused-ring (bicyclic) bond motifs is 8. The topological polar surface area (TPSA) is 10.9 Å². The van der Waals surface area contributed by atoms with Gasteiger partial charge in [-0.2, -0.15) is 0 Å². The lowest BCUT2D eigenvalue weighted by Gasteiger charge is -2.29. The van der Waals surface area contributed by atoms with Gasteiger partial charge in [-0.25, -0.2) is 0 Å². The van der Waals surface area contributed by atoms with Gasteiger partial charge in [-0.3, -0.25) is 0 Å². The monoisotopic (exact) mass is 843 g/mol. The molecule has 3 heteroatoms. The summed E-state index contributed by atoms with van der Waals surface area (Å²) in [6.45, 7) is 18.2. The molecule has 0 bridgehead atoms. The van der Waals surface area contributed by atoms with Crippen molar-refractivity contribution >= 4 is 93.8 Å². The summed E-state index contributed by atoms with van der Waals surface area (Å²) in [7, 11) is 0. The standard InChI is InChI=1S/C62H57N3/c1-38(2)42-20-28-48(29-21-42)63(49-30-22-43(23-31-49)39(3)4)61-52-16-11-9-14-46(52)36-56-58(61)54-18-13-19-55-59-57(65(56)60(54)55)37-47-15-10-12-17-53(47)62(59)64(50-32-24-44(25-33-50)40(5)6)51-34-26-45(27-35-51)41(7)8/h9-41H,1-8H3. The first-order valence-electron chi connectivity index (χ1n) is 23.6. The molecule has 2 heterocycles. The van der Waals surface area contributed by atoms with E-state index in [2.05, 4.69) is 246 Å². The summed E-state index contributed by atoms with van der Waals surface area (Å²) in [6.07, 6.45) is 0. The Morgan fingerprint density at radius 2 is 0.615 bits per heavy atom. The molecule has 0 aliphatic rings. The van der Waals surface area contributed by atoms with Gasteiger partial charge in [0.1, 0.15) is 0 Å². The number of anilines is 6. The third kappa shape index (κ3) is 6.62. The number of nitrogens with zero attached hydrogens (tertiary/aromatic N) is 3. The van der Waals surface area contributed by atoms with Gasteiger partial charge < -0.3 is 14.2 Å².